The fraction of sp³-hybridized carbons (Fsp3) is 0.471. The highest BCUT2D eigenvalue weighted by atomic mass is 32.2. The van der Waals surface area contributed by atoms with E-state index in [0.717, 1.165) is 17.0 Å². The van der Waals surface area contributed by atoms with Crippen LogP contribution in [0.1, 0.15) is 42.7 Å². The van der Waals surface area contributed by atoms with E-state index in [-0.39, 0.29) is 11.2 Å². The SMILES string of the molecule is Cc1cc(C2CC2)ccc1-c1nnc(SC2CC(C(=O)O)C2)o1. The molecule has 120 valence electrons. The maximum Gasteiger partial charge on any atom is 0.306 e. The van der Waals surface area contributed by atoms with Crippen LogP contribution in [-0.2, 0) is 4.79 Å². The Morgan fingerprint density at radius 2 is 2.09 bits per heavy atom. The fourth-order valence-electron chi connectivity index (χ4n) is 2.97. The Labute approximate surface area is 138 Å². The molecule has 0 atom stereocenters. The highest BCUT2D eigenvalue weighted by Gasteiger charge is 2.36. The van der Waals surface area contributed by atoms with E-state index < -0.39 is 5.97 Å². The molecule has 2 aliphatic carbocycles. The van der Waals surface area contributed by atoms with Gasteiger partial charge in [0.05, 0.1) is 5.92 Å². The molecule has 5 nitrogen and oxygen atoms in total. The normalized spacial score (nSPS) is 23.5. The summed E-state index contributed by atoms with van der Waals surface area (Å²) in [6.07, 6.45) is 3.93. The Balaban J connectivity index is 1.44. The number of carboxylic acids is 1. The van der Waals surface area contributed by atoms with Crippen molar-refractivity contribution in [3.8, 4) is 11.5 Å². The molecule has 0 unspecified atom stereocenters. The maximum absolute atomic E-state index is 10.8. The molecule has 23 heavy (non-hydrogen) atoms. The molecule has 2 saturated carbocycles. The first-order valence-corrected chi connectivity index (χ1v) is 8.82. The van der Waals surface area contributed by atoms with Gasteiger partial charge < -0.3 is 9.52 Å². The molecule has 2 aromatic rings. The first kappa shape index (κ1) is 14.8. The number of aryl methyl sites for hydroxylation is 1. The zero-order valence-corrected chi connectivity index (χ0v) is 13.7. The van der Waals surface area contributed by atoms with E-state index in [0.29, 0.717) is 24.0 Å². The Hall–Kier alpha value is -1.82. The number of carboxylic acid groups (broad SMARTS) is 1. The highest BCUT2D eigenvalue weighted by Crippen LogP contribution is 2.42. The second-order valence-electron chi connectivity index (χ2n) is 6.47. The molecular weight excluding hydrogens is 312 g/mol. The number of thioether (sulfide) groups is 1. The van der Waals surface area contributed by atoms with Crippen molar-refractivity contribution < 1.29 is 14.3 Å². The first-order chi connectivity index (χ1) is 11.1. The van der Waals surface area contributed by atoms with Crippen molar-refractivity contribution in [3.63, 3.8) is 0 Å². The number of rotatable bonds is 5. The van der Waals surface area contributed by atoms with Crippen LogP contribution in [0.4, 0.5) is 0 Å². The Bertz CT molecular complexity index is 748. The number of nitrogens with zero attached hydrogens (tertiary/aromatic N) is 2. The topological polar surface area (TPSA) is 76.2 Å². The van der Waals surface area contributed by atoms with Crippen LogP contribution in [0, 0.1) is 12.8 Å². The van der Waals surface area contributed by atoms with Crippen molar-refractivity contribution in [2.45, 2.75) is 49.0 Å². The smallest absolute Gasteiger partial charge is 0.306 e. The lowest BCUT2D eigenvalue weighted by Crippen LogP contribution is -2.32. The number of hydrogen-bond donors (Lipinski definition) is 1. The summed E-state index contributed by atoms with van der Waals surface area (Å²) in [7, 11) is 0. The average molecular weight is 330 g/mol. The third kappa shape index (κ3) is 3.00. The van der Waals surface area contributed by atoms with E-state index >= 15 is 0 Å². The lowest BCUT2D eigenvalue weighted by Gasteiger charge is -2.30. The molecule has 0 bridgehead atoms. The quantitative estimate of drug-likeness (QED) is 0.896. The molecule has 1 aromatic heterocycles. The zero-order valence-electron chi connectivity index (χ0n) is 12.9. The largest absolute Gasteiger partial charge is 0.481 e. The van der Waals surface area contributed by atoms with E-state index in [1.54, 1.807) is 0 Å². The van der Waals surface area contributed by atoms with Gasteiger partial charge in [0.15, 0.2) is 0 Å². The summed E-state index contributed by atoms with van der Waals surface area (Å²) in [5, 5.41) is 17.9. The van der Waals surface area contributed by atoms with E-state index in [1.165, 1.54) is 30.2 Å². The summed E-state index contributed by atoms with van der Waals surface area (Å²) in [5.74, 6) is 0.352. The van der Waals surface area contributed by atoms with Crippen molar-refractivity contribution in [1.82, 2.24) is 10.2 Å². The second kappa shape index (κ2) is 5.67. The van der Waals surface area contributed by atoms with E-state index in [2.05, 4.69) is 35.3 Å². The monoisotopic (exact) mass is 330 g/mol. The Morgan fingerprint density at radius 3 is 2.74 bits per heavy atom. The van der Waals surface area contributed by atoms with Crippen LogP contribution in [0.5, 0.6) is 0 Å². The molecule has 0 radical (unpaired) electrons. The lowest BCUT2D eigenvalue weighted by atomic mass is 9.85. The summed E-state index contributed by atoms with van der Waals surface area (Å²) in [5.41, 5.74) is 3.53. The van der Waals surface area contributed by atoms with Gasteiger partial charge in [0.25, 0.3) is 5.22 Å². The molecular formula is C17H18N2O3S. The van der Waals surface area contributed by atoms with Crippen LogP contribution >= 0.6 is 11.8 Å². The van der Waals surface area contributed by atoms with Crippen LogP contribution in [0.25, 0.3) is 11.5 Å². The van der Waals surface area contributed by atoms with Gasteiger partial charge in [0, 0.05) is 10.8 Å². The van der Waals surface area contributed by atoms with Crippen LogP contribution in [-0.4, -0.2) is 26.5 Å². The van der Waals surface area contributed by atoms with Gasteiger partial charge in [-0.05, 0) is 55.7 Å². The second-order valence-corrected chi connectivity index (χ2v) is 7.72. The predicted octanol–water partition coefficient (Wildman–Crippen LogP) is 3.88. The first-order valence-electron chi connectivity index (χ1n) is 7.94. The molecule has 2 aliphatic rings. The number of benzene rings is 1. The molecule has 1 N–H and O–H groups in total. The van der Waals surface area contributed by atoms with Crippen molar-refractivity contribution in [2.24, 2.45) is 5.92 Å². The predicted molar refractivity (Wildman–Crippen MR) is 86.5 cm³/mol. The van der Waals surface area contributed by atoms with Gasteiger partial charge >= 0.3 is 5.97 Å². The number of aliphatic carboxylic acids is 1. The lowest BCUT2D eigenvalue weighted by molar-refractivity contribution is -0.144. The standard InChI is InChI=1S/C17H18N2O3S/c1-9-6-11(10-2-3-10)4-5-14(9)15-18-19-17(22-15)23-13-7-12(8-13)16(20)21/h4-6,10,12-13H,2-3,7-8H2,1H3,(H,20,21). The minimum atomic E-state index is -0.709. The van der Waals surface area contributed by atoms with Crippen molar-refractivity contribution in [2.75, 3.05) is 0 Å². The minimum absolute atomic E-state index is 0.216. The number of hydrogen-bond acceptors (Lipinski definition) is 5. The fourth-order valence-corrected chi connectivity index (χ4v) is 4.13. The average Bonchev–Trinajstić information content (AvgIpc) is 3.22. The molecule has 4 rings (SSSR count). The number of carbonyl (C=O) groups is 1. The van der Waals surface area contributed by atoms with Gasteiger partial charge in [0.2, 0.25) is 5.89 Å². The summed E-state index contributed by atoms with van der Waals surface area (Å²) in [6.45, 7) is 2.07. The Kier molecular flexibility index (Phi) is 3.64. The zero-order chi connectivity index (χ0) is 16.0. The molecule has 6 heteroatoms. The minimum Gasteiger partial charge on any atom is -0.481 e. The van der Waals surface area contributed by atoms with Crippen LogP contribution in [0.15, 0.2) is 27.8 Å². The van der Waals surface area contributed by atoms with Crippen LogP contribution < -0.4 is 0 Å². The number of aromatic nitrogens is 2. The van der Waals surface area contributed by atoms with E-state index in [1.807, 2.05) is 0 Å². The molecule has 1 aromatic carbocycles. The molecule has 0 amide bonds. The summed E-state index contributed by atoms with van der Waals surface area (Å²) in [4.78, 5) is 10.8. The summed E-state index contributed by atoms with van der Waals surface area (Å²) < 4.78 is 5.76. The molecule has 1 heterocycles. The van der Waals surface area contributed by atoms with Gasteiger partial charge in [-0.1, -0.05) is 23.9 Å². The van der Waals surface area contributed by atoms with E-state index in [9.17, 15) is 4.79 Å². The highest BCUT2D eigenvalue weighted by molar-refractivity contribution is 7.99. The van der Waals surface area contributed by atoms with Gasteiger partial charge in [0.1, 0.15) is 0 Å². The van der Waals surface area contributed by atoms with Crippen molar-refractivity contribution >= 4 is 17.7 Å². The van der Waals surface area contributed by atoms with Crippen LogP contribution in [0.3, 0.4) is 0 Å². The van der Waals surface area contributed by atoms with Crippen molar-refractivity contribution in [1.29, 1.82) is 0 Å². The van der Waals surface area contributed by atoms with Gasteiger partial charge in [-0.25, -0.2) is 0 Å². The molecule has 0 aliphatic heterocycles. The Morgan fingerprint density at radius 1 is 1.30 bits per heavy atom. The summed E-state index contributed by atoms with van der Waals surface area (Å²) in [6, 6.07) is 6.43. The molecule has 0 saturated heterocycles. The summed E-state index contributed by atoms with van der Waals surface area (Å²) >= 11 is 1.49. The maximum atomic E-state index is 10.8. The third-order valence-electron chi connectivity index (χ3n) is 4.65. The van der Waals surface area contributed by atoms with Gasteiger partial charge in [-0.3, -0.25) is 4.79 Å². The molecule has 0 spiro atoms. The van der Waals surface area contributed by atoms with Gasteiger partial charge in [-0.15, -0.1) is 10.2 Å². The van der Waals surface area contributed by atoms with Crippen molar-refractivity contribution in [3.05, 3.63) is 29.3 Å². The van der Waals surface area contributed by atoms with Gasteiger partial charge in [-0.2, -0.15) is 0 Å². The van der Waals surface area contributed by atoms with E-state index in [4.69, 9.17) is 9.52 Å². The third-order valence-corrected chi connectivity index (χ3v) is 5.73. The van der Waals surface area contributed by atoms with Crippen LogP contribution in [0.2, 0.25) is 0 Å². The molecule has 2 fully saturated rings.